The van der Waals surface area contributed by atoms with Crippen molar-refractivity contribution in [2.75, 3.05) is 23.8 Å². The number of carbonyl (C=O) groups is 2. The van der Waals surface area contributed by atoms with E-state index in [0.29, 0.717) is 41.7 Å². The van der Waals surface area contributed by atoms with Crippen LogP contribution >= 0.6 is 0 Å². The molecule has 0 aliphatic carbocycles. The number of hydrogen-bond acceptors (Lipinski definition) is 5. The van der Waals surface area contributed by atoms with Crippen molar-refractivity contribution in [1.29, 1.82) is 0 Å². The first-order valence-electron chi connectivity index (χ1n) is 9.13. The van der Waals surface area contributed by atoms with Gasteiger partial charge < -0.3 is 20.1 Å². The molecule has 7 nitrogen and oxygen atoms in total. The highest BCUT2D eigenvalue weighted by Crippen LogP contribution is 2.32. The number of benzene rings is 2. The van der Waals surface area contributed by atoms with Crippen LogP contribution in [0.4, 0.5) is 11.4 Å². The van der Waals surface area contributed by atoms with Crippen LogP contribution in [0.1, 0.15) is 26.3 Å². The zero-order valence-corrected chi connectivity index (χ0v) is 15.8. The molecule has 0 bridgehead atoms. The quantitative estimate of drug-likeness (QED) is 0.711. The molecule has 0 saturated heterocycles. The van der Waals surface area contributed by atoms with Crippen molar-refractivity contribution in [3.8, 4) is 11.5 Å². The monoisotopic (exact) mass is 389 g/mol. The maximum atomic E-state index is 12.6. The highest BCUT2D eigenvalue weighted by molar-refractivity contribution is 6.08. The molecular weight excluding hydrogens is 370 g/mol. The number of ether oxygens (including phenoxy) is 2. The first kappa shape index (κ1) is 18.5. The van der Waals surface area contributed by atoms with E-state index in [1.54, 1.807) is 18.2 Å². The second kappa shape index (κ2) is 8.02. The maximum Gasteiger partial charge on any atom is 0.257 e. The molecular formula is C22H19N3O4. The Hall–Kier alpha value is -3.87. The summed E-state index contributed by atoms with van der Waals surface area (Å²) in [5.74, 6) is 0.518. The molecule has 4 rings (SSSR count). The smallest absolute Gasteiger partial charge is 0.257 e. The molecule has 2 N–H and O–H groups in total. The highest BCUT2D eigenvalue weighted by Gasteiger charge is 2.15. The normalized spacial score (nSPS) is 12.2. The second-order valence-electron chi connectivity index (χ2n) is 6.54. The van der Waals surface area contributed by atoms with E-state index in [1.165, 1.54) is 18.5 Å². The molecule has 146 valence electrons. The number of pyridine rings is 1. The maximum absolute atomic E-state index is 12.6. The predicted molar refractivity (Wildman–Crippen MR) is 109 cm³/mol. The van der Waals surface area contributed by atoms with E-state index in [0.717, 1.165) is 5.56 Å². The Bertz CT molecular complexity index is 1080. The number of para-hydroxylation sites is 1. The van der Waals surface area contributed by atoms with Crippen molar-refractivity contribution in [3.05, 3.63) is 77.6 Å². The van der Waals surface area contributed by atoms with Crippen molar-refractivity contribution in [3.63, 3.8) is 0 Å². The summed E-state index contributed by atoms with van der Waals surface area (Å²) >= 11 is 0. The third kappa shape index (κ3) is 4.19. The van der Waals surface area contributed by atoms with Gasteiger partial charge in [0.1, 0.15) is 13.2 Å². The van der Waals surface area contributed by atoms with Crippen LogP contribution in [0.5, 0.6) is 11.5 Å². The molecule has 2 aromatic carbocycles. The van der Waals surface area contributed by atoms with Gasteiger partial charge in [-0.15, -0.1) is 0 Å². The lowest BCUT2D eigenvalue weighted by Gasteiger charge is -2.19. The van der Waals surface area contributed by atoms with Gasteiger partial charge in [0.05, 0.1) is 11.1 Å². The molecule has 0 spiro atoms. The molecule has 0 atom stereocenters. The summed E-state index contributed by atoms with van der Waals surface area (Å²) in [5, 5.41) is 5.62. The van der Waals surface area contributed by atoms with Crippen LogP contribution in [-0.2, 0) is 0 Å². The molecule has 2 amide bonds. The van der Waals surface area contributed by atoms with Crippen molar-refractivity contribution in [2.45, 2.75) is 6.92 Å². The van der Waals surface area contributed by atoms with Crippen molar-refractivity contribution in [2.24, 2.45) is 0 Å². The van der Waals surface area contributed by atoms with Gasteiger partial charge in [0.15, 0.2) is 11.5 Å². The third-order valence-corrected chi connectivity index (χ3v) is 4.46. The average Bonchev–Trinajstić information content (AvgIpc) is 2.75. The van der Waals surface area contributed by atoms with Gasteiger partial charge in [-0.2, -0.15) is 0 Å². The van der Waals surface area contributed by atoms with E-state index in [2.05, 4.69) is 15.6 Å². The third-order valence-electron chi connectivity index (χ3n) is 4.46. The Kier molecular flexibility index (Phi) is 5.11. The van der Waals surface area contributed by atoms with E-state index in [-0.39, 0.29) is 17.4 Å². The number of fused-ring (bicyclic) bond motifs is 1. The van der Waals surface area contributed by atoms with Gasteiger partial charge in [0.25, 0.3) is 11.8 Å². The lowest BCUT2D eigenvalue weighted by molar-refractivity contribution is 0.102. The van der Waals surface area contributed by atoms with Crippen molar-refractivity contribution < 1.29 is 19.1 Å². The molecule has 0 radical (unpaired) electrons. The Balaban J connectivity index is 1.48. The van der Waals surface area contributed by atoms with Crippen molar-refractivity contribution >= 4 is 23.2 Å². The fourth-order valence-corrected chi connectivity index (χ4v) is 2.92. The fraction of sp³-hybridized carbons (Fsp3) is 0.136. The van der Waals surface area contributed by atoms with Gasteiger partial charge in [-0.05, 0) is 36.8 Å². The van der Waals surface area contributed by atoms with E-state index in [9.17, 15) is 9.59 Å². The molecule has 7 heteroatoms. The first-order chi connectivity index (χ1) is 14.1. The molecule has 1 aromatic heterocycles. The van der Waals surface area contributed by atoms with Gasteiger partial charge in [-0.3, -0.25) is 14.6 Å². The highest BCUT2D eigenvalue weighted by atomic mass is 16.6. The van der Waals surface area contributed by atoms with Crippen LogP contribution in [0.2, 0.25) is 0 Å². The number of anilines is 2. The summed E-state index contributed by atoms with van der Waals surface area (Å²) in [6.07, 6.45) is 2.84. The summed E-state index contributed by atoms with van der Waals surface area (Å²) < 4.78 is 11.0. The van der Waals surface area contributed by atoms with Gasteiger partial charge in [-0.1, -0.05) is 18.2 Å². The number of amides is 2. The van der Waals surface area contributed by atoms with Crippen LogP contribution in [0.25, 0.3) is 0 Å². The lowest BCUT2D eigenvalue weighted by Crippen LogP contribution is -2.17. The number of hydrogen-bond donors (Lipinski definition) is 2. The van der Waals surface area contributed by atoms with Crippen molar-refractivity contribution in [1.82, 2.24) is 4.98 Å². The number of carbonyl (C=O) groups excluding carboxylic acids is 2. The summed E-state index contributed by atoms with van der Waals surface area (Å²) in [6.45, 7) is 2.87. The lowest BCUT2D eigenvalue weighted by atomic mass is 10.1. The Morgan fingerprint density at radius 1 is 0.862 bits per heavy atom. The summed E-state index contributed by atoms with van der Waals surface area (Å²) in [5.41, 5.74) is 2.79. The number of rotatable bonds is 4. The SMILES string of the molecule is Cc1ccccc1NC(=O)c1cncc(C(=O)Nc2ccc3c(c2)OCCO3)c1. The van der Waals surface area contributed by atoms with E-state index >= 15 is 0 Å². The Morgan fingerprint density at radius 2 is 1.55 bits per heavy atom. The largest absolute Gasteiger partial charge is 0.486 e. The first-order valence-corrected chi connectivity index (χ1v) is 9.13. The van der Waals surface area contributed by atoms with Crippen LogP contribution in [-0.4, -0.2) is 30.0 Å². The molecule has 3 aromatic rings. The molecule has 0 fully saturated rings. The molecule has 29 heavy (non-hydrogen) atoms. The van der Waals surface area contributed by atoms with Gasteiger partial charge >= 0.3 is 0 Å². The van der Waals surface area contributed by atoms with Crippen LogP contribution in [0.15, 0.2) is 60.9 Å². The zero-order chi connectivity index (χ0) is 20.2. The van der Waals surface area contributed by atoms with Crippen LogP contribution in [0.3, 0.4) is 0 Å². The summed E-state index contributed by atoms with van der Waals surface area (Å²) in [4.78, 5) is 29.2. The minimum absolute atomic E-state index is 0.275. The number of nitrogens with zero attached hydrogens (tertiary/aromatic N) is 1. The standard InChI is InChI=1S/C22H19N3O4/c1-14-4-2-3-5-18(14)25-22(27)16-10-15(12-23-13-16)21(26)24-17-6-7-19-20(11-17)29-9-8-28-19/h2-7,10-13H,8-9H2,1H3,(H,24,26)(H,25,27). The molecule has 0 saturated carbocycles. The van der Waals surface area contributed by atoms with Gasteiger partial charge in [-0.25, -0.2) is 0 Å². The predicted octanol–water partition coefficient (Wildman–Crippen LogP) is 3.67. The van der Waals surface area contributed by atoms with Gasteiger partial charge in [0.2, 0.25) is 0 Å². The Labute approximate surface area is 167 Å². The summed E-state index contributed by atoms with van der Waals surface area (Å²) in [6, 6.07) is 14.2. The van der Waals surface area contributed by atoms with E-state index in [4.69, 9.17) is 9.47 Å². The van der Waals surface area contributed by atoms with Gasteiger partial charge in [0, 0.05) is 29.8 Å². The number of aryl methyl sites for hydroxylation is 1. The van der Waals surface area contributed by atoms with E-state index < -0.39 is 0 Å². The minimum atomic E-state index is -0.375. The molecule has 1 aliphatic rings. The van der Waals surface area contributed by atoms with Crippen LogP contribution < -0.4 is 20.1 Å². The molecule has 0 unspecified atom stereocenters. The molecule has 1 aliphatic heterocycles. The number of nitrogens with one attached hydrogen (secondary N) is 2. The Morgan fingerprint density at radius 3 is 2.31 bits per heavy atom. The zero-order valence-electron chi connectivity index (χ0n) is 15.8. The van der Waals surface area contributed by atoms with Crippen LogP contribution in [0, 0.1) is 6.92 Å². The fourth-order valence-electron chi connectivity index (χ4n) is 2.92. The average molecular weight is 389 g/mol. The minimum Gasteiger partial charge on any atom is -0.486 e. The molecule has 2 heterocycles. The topological polar surface area (TPSA) is 89.6 Å². The second-order valence-corrected chi connectivity index (χ2v) is 6.54. The number of aromatic nitrogens is 1. The summed E-state index contributed by atoms with van der Waals surface area (Å²) in [7, 11) is 0. The van der Waals surface area contributed by atoms with E-state index in [1.807, 2.05) is 31.2 Å².